The van der Waals surface area contributed by atoms with Gasteiger partial charge in [-0.2, -0.15) is 0 Å². The van der Waals surface area contributed by atoms with Gasteiger partial charge in [0.05, 0.1) is 29.5 Å². The SMILES string of the molecule is CC1(C)[C@@H](O)CC2[C@](C)(O)[C@@H]3CC[C@@H]4[C@@H](O)[C@@]3(C[C@@H](O)[C@@]21O)C[C@@]4(C)O. The lowest BCUT2D eigenvalue weighted by Gasteiger charge is -2.51. The summed E-state index contributed by atoms with van der Waals surface area (Å²) in [4.78, 5) is 0. The van der Waals surface area contributed by atoms with E-state index >= 15 is 0 Å². The molecule has 6 N–H and O–H groups in total. The Hall–Kier alpha value is -0.240. The Bertz CT molecular complexity index is 615. The van der Waals surface area contributed by atoms with E-state index in [9.17, 15) is 30.6 Å². The third kappa shape index (κ3) is 1.89. The van der Waals surface area contributed by atoms with Gasteiger partial charge < -0.3 is 30.6 Å². The molecule has 2 bridgehead atoms. The number of hydrogen-bond acceptors (Lipinski definition) is 6. The molecule has 1 unspecified atom stereocenters. The molecular formula is C20H34O6. The molecule has 150 valence electrons. The molecule has 1 spiro atoms. The summed E-state index contributed by atoms with van der Waals surface area (Å²) in [6.45, 7) is 6.87. The standard InChI is InChI=1S/C20H34O6/c1-16(2)13(21)7-12-18(4,25)11-6-5-10-15(23)19(11,9-17(10,3)24)8-14(22)20(12,16)26/h10-15,21-26H,5-9H2,1-4H3/t10-,11+,12?,13+,14-,15-,17-,18-,19+,20+/m1/s1. The summed E-state index contributed by atoms with van der Waals surface area (Å²) in [6, 6.07) is 0. The van der Waals surface area contributed by atoms with Crippen LogP contribution in [-0.2, 0) is 0 Å². The molecule has 0 amide bonds. The van der Waals surface area contributed by atoms with Crippen LogP contribution in [0.5, 0.6) is 0 Å². The number of hydrogen-bond donors (Lipinski definition) is 6. The van der Waals surface area contributed by atoms with Gasteiger partial charge in [-0.05, 0) is 51.9 Å². The van der Waals surface area contributed by atoms with E-state index in [1.54, 1.807) is 27.7 Å². The number of fused-ring (bicyclic) bond motifs is 2. The lowest BCUT2D eigenvalue weighted by atomic mass is 9.57. The fourth-order valence-corrected chi connectivity index (χ4v) is 7.80. The predicted octanol–water partition coefficient (Wildman–Crippen LogP) is 0.168. The van der Waals surface area contributed by atoms with Crippen molar-refractivity contribution in [3.05, 3.63) is 0 Å². The highest BCUT2D eigenvalue weighted by Crippen LogP contribution is 2.69. The van der Waals surface area contributed by atoms with Gasteiger partial charge in [0, 0.05) is 22.7 Å². The average Bonchev–Trinajstić information content (AvgIpc) is 2.72. The van der Waals surface area contributed by atoms with E-state index in [-0.39, 0.29) is 24.7 Å². The molecule has 0 heterocycles. The average molecular weight is 370 g/mol. The maximum atomic E-state index is 11.7. The van der Waals surface area contributed by atoms with Crippen molar-refractivity contribution in [3.8, 4) is 0 Å². The van der Waals surface area contributed by atoms with Crippen molar-refractivity contribution < 1.29 is 30.6 Å². The van der Waals surface area contributed by atoms with E-state index in [1.807, 2.05) is 0 Å². The first kappa shape index (κ1) is 19.1. The molecule has 0 aromatic rings. The molecule has 4 rings (SSSR count). The van der Waals surface area contributed by atoms with Gasteiger partial charge in [-0.1, -0.05) is 13.8 Å². The zero-order valence-electron chi connectivity index (χ0n) is 16.2. The predicted molar refractivity (Wildman–Crippen MR) is 94.0 cm³/mol. The highest BCUT2D eigenvalue weighted by molar-refractivity contribution is 5.25. The van der Waals surface area contributed by atoms with Crippen LogP contribution in [0.3, 0.4) is 0 Å². The second-order valence-electron chi connectivity index (χ2n) is 10.7. The van der Waals surface area contributed by atoms with Gasteiger partial charge in [0.25, 0.3) is 0 Å². The van der Waals surface area contributed by atoms with Crippen molar-refractivity contribution >= 4 is 0 Å². The molecule has 0 aromatic carbocycles. The zero-order valence-corrected chi connectivity index (χ0v) is 16.2. The van der Waals surface area contributed by atoms with Crippen molar-refractivity contribution in [2.75, 3.05) is 0 Å². The fraction of sp³-hybridized carbons (Fsp3) is 1.00. The van der Waals surface area contributed by atoms with Crippen molar-refractivity contribution in [1.29, 1.82) is 0 Å². The van der Waals surface area contributed by atoms with Gasteiger partial charge in [0.2, 0.25) is 0 Å². The first-order chi connectivity index (χ1) is 11.7. The van der Waals surface area contributed by atoms with E-state index < -0.39 is 51.9 Å². The number of rotatable bonds is 0. The van der Waals surface area contributed by atoms with Gasteiger partial charge in [-0.3, -0.25) is 0 Å². The number of aliphatic hydroxyl groups is 6. The van der Waals surface area contributed by atoms with Crippen LogP contribution in [-0.4, -0.2) is 65.8 Å². The van der Waals surface area contributed by atoms with Crippen LogP contribution in [0.25, 0.3) is 0 Å². The van der Waals surface area contributed by atoms with Gasteiger partial charge in [-0.15, -0.1) is 0 Å². The van der Waals surface area contributed by atoms with Crippen molar-refractivity contribution in [2.45, 2.75) is 94.9 Å². The molecular weight excluding hydrogens is 336 g/mol. The fourth-order valence-electron chi connectivity index (χ4n) is 7.80. The van der Waals surface area contributed by atoms with E-state index in [2.05, 4.69) is 0 Å². The molecule has 26 heavy (non-hydrogen) atoms. The largest absolute Gasteiger partial charge is 0.392 e. The molecule has 0 aliphatic heterocycles. The first-order valence-corrected chi connectivity index (χ1v) is 9.94. The Morgan fingerprint density at radius 3 is 2.04 bits per heavy atom. The topological polar surface area (TPSA) is 121 Å². The third-order valence-corrected chi connectivity index (χ3v) is 9.26. The minimum atomic E-state index is -1.66. The Kier molecular flexibility index (Phi) is 3.69. The molecule has 6 nitrogen and oxygen atoms in total. The highest BCUT2D eigenvalue weighted by atomic mass is 16.4. The quantitative estimate of drug-likeness (QED) is 0.361. The molecule has 10 atom stereocenters. The van der Waals surface area contributed by atoms with Crippen LogP contribution in [0, 0.1) is 28.6 Å². The Balaban J connectivity index is 1.89. The second kappa shape index (κ2) is 5.02. The molecule has 4 aliphatic rings. The summed E-state index contributed by atoms with van der Waals surface area (Å²) < 4.78 is 0. The third-order valence-electron chi connectivity index (χ3n) is 9.26. The minimum Gasteiger partial charge on any atom is -0.392 e. The Labute approximate surface area is 154 Å². The van der Waals surface area contributed by atoms with Crippen molar-refractivity contribution in [2.24, 2.45) is 28.6 Å². The van der Waals surface area contributed by atoms with Crippen LogP contribution >= 0.6 is 0 Å². The molecule has 4 saturated carbocycles. The molecule has 4 fully saturated rings. The monoisotopic (exact) mass is 370 g/mol. The molecule has 0 saturated heterocycles. The van der Waals surface area contributed by atoms with Crippen LogP contribution in [0.4, 0.5) is 0 Å². The van der Waals surface area contributed by atoms with Crippen molar-refractivity contribution in [3.63, 3.8) is 0 Å². The summed E-state index contributed by atoms with van der Waals surface area (Å²) in [5.74, 6) is -1.34. The van der Waals surface area contributed by atoms with Gasteiger partial charge >= 0.3 is 0 Å². The van der Waals surface area contributed by atoms with Crippen LogP contribution in [0.1, 0.15) is 59.8 Å². The van der Waals surface area contributed by atoms with Crippen molar-refractivity contribution in [1.82, 2.24) is 0 Å². The normalized spacial score (nSPS) is 63.9. The summed E-state index contributed by atoms with van der Waals surface area (Å²) in [7, 11) is 0. The van der Waals surface area contributed by atoms with Crippen LogP contribution < -0.4 is 0 Å². The maximum absolute atomic E-state index is 11.7. The lowest BCUT2D eigenvalue weighted by molar-refractivity contribution is -0.201. The summed E-state index contributed by atoms with van der Waals surface area (Å²) in [5.41, 5.74) is -5.91. The summed E-state index contributed by atoms with van der Waals surface area (Å²) in [6.07, 6.45) is -1.01. The smallest absolute Gasteiger partial charge is 0.104 e. The second-order valence-corrected chi connectivity index (χ2v) is 10.7. The maximum Gasteiger partial charge on any atom is 0.104 e. The Morgan fingerprint density at radius 1 is 0.808 bits per heavy atom. The molecule has 0 aromatic heterocycles. The molecule has 6 heteroatoms. The highest BCUT2D eigenvalue weighted by Gasteiger charge is 2.76. The van der Waals surface area contributed by atoms with E-state index in [4.69, 9.17) is 0 Å². The first-order valence-electron chi connectivity index (χ1n) is 9.94. The van der Waals surface area contributed by atoms with Crippen LogP contribution in [0.15, 0.2) is 0 Å². The molecule has 0 radical (unpaired) electrons. The van der Waals surface area contributed by atoms with Gasteiger partial charge in [-0.25, -0.2) is 0 Å². The zero-order chi connectivity index (χ0) is 19.5. The number of aliphatic hydroxyl groups excluding tert-OH is 3. The van der Waals surface area contributed by atoms with Gasteiger partial charge in [0.1, 0.15) is 5.60 Å². The van der Waals surface area contributed by atoms with Crippen LogP contribution in [0.2, 0.25) is 0 Å². The Morgan fingerprint density at radius 2 is 1.42 bits per heavy atom. The van der Waals surface area contributed by atoms with Gasteiger partial charge in [0.15, 0.2) is 0 Å². The van der Waals surface area contributed by atoms with E-state index in [1.165, 1.54) is 0 Å². The summed E-state index contributed by atoms with van der Waals surface area (Å²) in [5, 5.41) is 67.1. The lowest BCUT2D eigenvalue weighted by Crippen LogP contribution is -2.60. The minimum absolute atomic E-state index is 0.116. The molecule has 4 aliphatic carbocycles. The van der Waals surface area contributed by atoms with E-state index in [0.717, 1.165) is 0 Å². The summed E-state index contributed by atoms with van der Waals surface area (Å²) >= 11 is 0. The van der Waals surface area contributed by atoms with E-state index in [0.29, 0.717) is 19.3 Å².